The van der Waals surface area contributed by atoms with Crippen LogP contribution in [0.1, 0.15) is 0 Å². The molecule has 0 saturated heterocycles. The fourth-order valence-corrected chi connectivity index (χ4v) is 1.15. The van der Waals surface area contributed by atoms with Crippen LogP contribution < -0.4 is 5.56 Å². The number of allylic oxidation sites excluding steroid dienone is 1. The summed E-state index contributed by atoms with van der Waals surface area (Å²) >= 11 is 16.6. The van der Waals surface area contributed by atoms with E-state index in [1.54, 1.807) is 0 Å². The number of aromatic nitrogens is 2. The minimum Gasteiger partial charge on any atom is -0.293 e. The number of nitrogens with zero attached hydrogens (tertiary/aromatic N) is 2. The molecule has 0 amide bonds. The zero-order valence-corrected chi connectivity index (χ0v) is 8.70. The summed E-state index contributed by atoms with van der Waals surface area (Å²) in [5.74, 6) is 0. The van der Waals surface area contributed by atoms with Gasteiger partial charge in [-0.2, -0.15) is 0 Å². The van der Waals surface area contributed by atoms with E-state index >= 15 is 0 Å². The van der Waals surface area contributed by atoms with Gasteiger partial charge in [-0.05, 0) is 0 Å². The molecule has 0 N–H and O–H groups in total. The largest absolute Gasteiger partial charge is 0.293 e. The Morgan fingerprint density at radius 3 is 2.77 bits per heavy atom. The minimum atomic E-state index is -0.427. The Kier molecular flexibility index (Phi) is 3.36. The maximum absolute atomic E-state index is 11.3. The molecule has 3 nitrogen and oxygen atoms in total. The van der Waals surface area contributed by atoms with Crippen molar-refractivity contribution in [3.63, 3.8) is 0 Å². The molecule has 0 unspecified atom stereocenters. The summed E-state index contributed by atoms with van der Waals surface area (Å²) in [7, 11) is 0. The van der Waals surface area contributed by atoms with Crippen LogP contribution in [0.25, 0.3) is 0 Å². The first kappa shape index (κ1) is 10.6. The first-order valence-electron chi connectivity index (χ1n) is 3.26. The van der Waals surface area contributed by atoms with E-state index in [-0.39, 0.29) is 16.7 Å². The van der Waals surface area contributed by atoms with Crippen LogP contribution >= 0.6 is 34.8 Å². The fourth-order valence-electron chi connectivity index (χ4n) is 0.741. The molecule has 0 aliphatic heterocycles. The smallest absolute Gasteiger partial charge is 0.274 e. The van der Waals surface area contributed by atoms with Gasteiger partial charge in [0.1, 0.15) is 5.02 Å². The molecule has 0 aromatic carbocycles. The second-order valence-corrected chi connectivity index (χ2v) is 3.57. The average Bonchev–Trinajstić information content (AvgIpc) is 2.06. The van der Waals surface area contributed by atoms with Crippen LogP contribution in [0.2, 0.25) is 10.2 Å². The van der Waals surface area contributed by atoms with Crippen molar-refractivity contribution in [2.24, 2.45) is 0 Å². The molecule has 13 heavy (non-hydrogen) atoms. The molecule has 1 aromatic rings. The van der Waals surface area contributed by atoms with Crippen LogP contribution in [0.15, 0.2) is 22.7 Å². The van der Waals surface area contributed by atoms with Gasteiger partial charge in [0, 0.05) is 5.03 Å². The highest BCUT2D eigenvalue weighted by Crippen LogP contribution is 2.13. The molecule has 0 spiro atoms. The predicted molar refractivity (Wildman–Crippen MR) is 53.5 cm³/mol. The van der Waals surface area contributed by atoms with Crippen LogP contribution in [-0.4, -0.2) is 9.55 Å². The second-order valence-electron chi connectivity index (χ2n) is 2.30. The van der Waals surface area contributed by atoms with E-state index in [2.05, 4.69) is 11.6 Å². The summed E-state index contributed by atoms with van der Waals surface area (Å²) in [6.45, 7) is 3.62. The van der Waals surface area contributed by atoms with Crippen molar-refractivity contribution < 1.29 is 0 Å². The summed E-state index contributed by atoms with van der Waals surface area (Å²) < 4.78 is 1.23. The summed E-state index contributed by atoms with van der Waals surface area (Å²) in [5, 5.41) is 0.201. The summed E-state index contributed by atoms with van der Waals surface area (Å²) in [6, 6.07) is 0. The normalized spacial score (nSPS) is 10.1. The van der Waals surface area contributed by atoms with E-state index < -0.39 is 5.56 Å². The third kappa shape index (κ3) is 2.46. The lowest BCUT2D eigenvalue weighted by atomic mass is 10.5. The second kappa shape index (κ2) is 4.13. The van der Waals surface area contributed by atoms with Gasteiger partial charge in [-0.1, -0.05) is 41.4 Å². The Hall–Kier alpha value is -0.510. The van der Waals surface area contributed by atoms with Gasteiger partial charge in [0.25, 0.3) is 5.56 Å². The summed E-state index contributed by atoms with van der Waals surface area (Å²) in [4.78, 5) is 15.0. The van der Waals surface area contributed by atoms with Crippen LogP contribution in [0.3, 0.4) is 0 Å². The Morgan fingerprint density at radius 2 is 2.23 bits per heavy atom. The van der Waals surface area contributed by atoms with Crippen molar-refractivity contribution >= 4 is 34.8 Å². The van der Waals surface area contributed by atoms with Gasteiger partial charge in [0.2, 0.25) is 0 Å². The van der Waals surface area contributed by atoms with Gasteiger partial charge < -0.3 is 0 Å². The first-order chi connectivity index (χ1) is 6.02. The Balaban J connectivity index is 3.19. The summed E-state index contributed by atoms with van der Waals surface area (Å²) in [5.41, 5.74) is -0.427. The van der Waals surface area contributed by atoms with Crippen LogP contribution in [0, 0.1) is 0 Å². The maximum Gasteiger partial charge on any atom is 0.274 e. The highest BCUT2D eigenvalue weighted by atomic mass is 35.5. The molecule has 0 bridgehead atoms. The summed E-state index contributed by atoms with van der Waals surface area (Å²) in [6.07, 6.45) is 1.27. The molecule has 0 aliphatic carbocycles. The first-order valence-corrected chi connectivity index (χ1v) is 4.39. The van der Waals surface area contributed by atoms with Gasteiger partial charge in [0.05, 0.1) is 12.9 Å². The molecule has 1 aromatic heterocycles. The molecule has 6 heteroatoms. The monoisotopic (exact) mass is 238 g/mol. The van der Waals surface area contributed by atoms with E-state index in [9.17, 15) is 4.79 Å². The van der Waals surface area contributed by atoms with Crippen molar-refractivity contribution in [2.75, 3.05) is 0 Å². The van der Waals surface area contributed by atoms with Crippen molar-refractivity contribution in [1.29, 1.82) is 0 Å². The molecular weight excluding hydrogens is 234 g/mol. The Labute approximate surface area is 89.6 Å². The topological polar surface area (TPSA) is 34.9 Å². The maximum atomic E-state index is 11.3. The van der Waals surface area contributed by atoms with E-state index in [4.69, 9.17) is 34.8 Å². The SMILES string of the molecule is C=C(Cl)Cn1cnc(Cl)c(Cl)c1=O. The van der Waals surface area contributed by atoms with Crippen LogP contribution in [0.5, 0.6) is 0 Å². The quantitative estimate of drug-likeness (QED) is 0.742. The van der Waals surface area contributed by atoms with Crippen molar-refractivity contribution in [1.82, 2.24) is 9.55 Å². The fraction of sp³-hybridized carbons (Fsp3) is 0.143. The molecule has 0 saturated carbocycles. The highest BCUT2D eigenvalue weighted by Gasteiger charge is 2.06. The van der Waals surface area contributed by atoms with E-state index in [1.165, 1.54) is 10.9 Å². The Bertz CT molecular complexity index is 399. The number of rotatable bonds is 2. The lowest BCUT2D eigenvalue weighted by molar-refractivity contribution is 0.747. The number of halogens is 3. The van der Waals surface area contributed by atoms with E-state index in [0.717, 1.165) is 0 Å². The van der Waals surface area contributed by atoms with Gasteiger partial charge >= 0.3 is 0 Å². The average molecular weight is 239 g/mol. The predicted octanol–water partition coefficient (Wildman–Crippen LogP) is 2.30. The van der Waals surface area contributed by atoms with E-state index in [1.807, 2.05) is 0 Å². The molecular formula is C7H5Cl3N2O. The Morgan fingerprint density at radius 1 is 1.62 bits per heavy atom. The van der Waals surface area contributed by atoms with Gasteiger partial charge in [-0.15, -0.1) is 0 Å². The molecule has 1 heterocycles. The molecule has 0 radical (unpaired) electrons. The standard InChI is InChI=1S/C7H5Cl3N2O/c1-4(8)2-12-3-11-6(10)5(9)7(12)13/h3H,1-2H2. The van der Waals surface area contributed by atoms with Crippen LogP contribution in [-0.2, 0) is 6.54 Å². The molecule has 70 valence electrons. The van der Waals surface area contributed by atoms with Crippen LogP contribution in [0.4, 0.5) is 0 Å². The van der Waals surface area contributed by atoms with Gasteiger partial charge in [-0.25, -0.2) is 4.98 Å². The molecule has 0 atom stereocenters. The molecule has 0 aliphatic rings. The zero-order valence-electron chi connectivity index (χ0n) is 6.43. The number of hydrogen-bond donors (Lipinski definition) is 0. The van der Waals surface area contributed by atoms with Gasteiger partial charge in [-0.3, -0.25) is 9.36 Å². The highest BCUT2D eigenvalue weighted by molar-refractivity contribution is 6.40. The third-order valence-corrected chi connectivity index (χ3v) is 2.13. The van der Waals surface area contributed by atoms with Gasteiger partial charge in [0.15, 0.2) is 5.15 Å². The lowest BCUT2D eigenvalue weighted by Gasteiger charge is -2.03. The third-order valence-electron chi connectivity index (χ3n) is 1.28. The van der Waals surface area contributed by atoms with Crippen molar-refractivity contribution in [3.05, 3.63) is 38.5 Å². The van der Waals surface area contributed by atoms with Crippen molar-refractivity contribution in [2.45, 2.75) is 6.54 Å². The molecule has 0 fully saturated rings. The lowest BCUT2D eigenvalue weighted by Crippen LogP contribution is -2.21. The van der Waals surface area contributed by atoms with E-state index in [0.29, 0.717) is 5.03 Å². The zero-order chi connectivity index (χ0) is 10.0. The minimum absolute atomic E-state index is 0.0110. The number of hydrogen-bond acceptors (Lipinski definition) is 2. The molecule has 1 rings (SSSR count). The van der Waals surface area contributed by atoms with Crippen molar-refractivity contribution in [3.8, 4) is 0 Å².